The first-order valence-electron chi connectivity index (χ1n) is 11.7. The summed E-state index contributed by atoms with van der Waals surface area (Å²) in [5, 5.41) is 6.48. The Morgan fingerprint density at radius 3 is 2.36 bits per heavy atom. The summed E-state index contributed by atoms with van der Waals surface area (Å²) in [5.41, 5.74) is 2.30. The first-order valence-corrected chi connectivity index (χ1v) is 11.7. The van der Waals surface area contributed by atoms with Gasteiger partial charge in [-0.1, -0.05) is 0 Å². The molecule has 2 aliphatic heterocycles. The van der Waals surface area contributed by atoms with Crippen LogP contribution in [-0.4, -0.2) is 67.0 Å². The Morgan fingerprint density at radius 2 is 1.73 bits per heavy atom. The van der Waals surface area contributed by atoms with Gasteiger partial charge < -0.3 is 25.3 Å². The molecule has 33 heavy (non-hydrogen) atoms. The maximum atomic E-state index is 12.6. The zero-order chi connectivity index (χ0) is 23.7. The molecular formula is C25H34N6O2. The third-order valence-corrected chi connectivity index (χ3v) is 6.60. The Morgan fingerprint density at radius 1 is 1.06 bits per heavy atom. The molecule has 1 fully saturated rings. The highest BCUT2D eigenvalue weighted by Crippen LogP contribution is 2.36. The van der Waals surface area contributed by atoms with Gasteiger partial charge in [0.05, 0.1) is 5.69 Å². The molecule has 3 heterocycles. The van der Waals surface area contributed by atoms with Crippen LogP contribution in [0.3, 0.4) is 0 Å². The van der Waals surface area contributed by atoms with E-state index in [0.29, 0.717) is 11.4 Å². The van der Waals surface area contributed by atoms with Gasteiger partial charge in [-0.2, -0.15) is 0 Å². The van der Waals surface area contributed by atoms with Crippen LogP contribution < -0.4 is 20.4 Å². The maximum absolute atomic E-state index is 12.6. The van der Waals surface area contributed by atoms with E-state index >= 15 is 0 Å². The van der Waals surface area contributed by atoms with E-state index in [2.05, 4.69) is 41.3 Å². The van der Waals surface area contributed by atoms with E-state index in [1.165, 1.54) is 0 Å². The van der Waals surface area contributed by atoms with Gasteiger partial charge in [-0.3, -0.25) is 9.59 Å². The summed E-state index contributed by atoms with van der Waals surface area (Å²) in [5.74, 6) is 1.52. The molecule has 176 valence electrons. The minimum Gasteiger partial charge on any atom is -0.349 e. The Hall–Kier alpha value is -3.13. The molecule has 1 atom stereocenters. The number of hydrogen-bond acceptors (Lipinski definition) is 6. The monoisotopic (exact) mass is 450 g/mol. The second-order valence-electron chi connectivity index (χ2n) is 9.37. The minimum atomic E-state index is -0.271. The van der Waals surface area contributed by atoms with Crippen LogP contribution >= 0.6 is 0 Å². The van der Waals surface area contributed by atoms with Gasteiger partial charge in [0.2, 0.25) is 5.91 Å². The van der Waals surface area contributed by atoms with Crippen LogP contribution in [0.15, 0.2) is 36.4 Å². The Bertz CT molecular complexity index is 1010. The standard InChI is InChI=1S/C25H34N6O2/c1-16(2)31-17(3)25(33)30(5)21-10-11-22(28-23(21)31)26-19-8-6-18(7-9-19)24(32)27-20-12-14-29(4)15-13-20/h6-11,16-17,20H,12-15H2,1-5H3,(H,26,28)(H,27,32)/t17-/m1/s1. The van der Waals surface area contributed by atoms with Crippen LogP contribution in [0.25, 0.3) is 0 Å². The van der Waals surface area contributed by atoms with Gasteiger partial charge in [-0.05, 0) is 90.1 Å². The second-order valence-corrected chi connectivity index (χ2v) is 9.37. The van der Waals surface area contributed by atoms with Crippen LogP contribution in [0.1, 0.15) is 44.0 Å². The Balaban J connectivity index is 1.46. The van der Waals surface area contributed by atoms with Crippen molar-refractivity contribution >= 4 is 34.8 Å². The van der Waals surface area contributed by atoms with Crippen molar-refractivity contribution in [3.8, 4) is 0 Å². The largest absolute Gasteiger partial charge is 0.349 e. The van der Waals surface area contributed by atoms with Crippen molar-refractivity contribution in [2.75, 3.05) is 42.3 Å². The van der Waals surface area contributed by atoms with Crippen LogP contribution in [0.5, 0.6) is 0 Å². The smallest absolute Gasteiger partial charge is 0.251 e. The molecule has 2 N–H and O–H groups in total. The zero-order valence-corrected chi connectivity index (χ0v) is 20.1. The van der Waals surface area contributed by atoms with Gasteiger partial charge in [0, 0.05) is 30.4 Å². The topological polar surface area (TPSA) is 80.8 Å². The van der Waals surface area contributed by atoms with E-state index in [9.17, 15) is 9.59 Å². The quantitative estimate of drug-likeness (QED) is 0.728. The number of benzene rings is 1. The lowest BCUT2D eigenvalue weighted by Gasteiger charge is -2.41. The number of nitrogens with zero attached hydrogens (tertiary/aromatic N) is 4. The first-order chi connectivity index (χ1) is 15.7. The lowest BCUT2D eigenvalue weighted by atomic mass is 10.0. The summed E-state index contributed by atoms with van der Waals surface area (Å²) >= 11 is 0. The van der Waals surface area contributed by atoms with E-state index in [0.717, 1.165) is 43.1 Å². The first kappa shape index (κ1) is 23.0. The summed E-state index contributed by atoms with van der Waals surface area (Å²) < 4.78 is 0. The molecule has 0 bridgehead atoms. The molecule has 1 aromatic carbocycles. The van der Waals surface area contributed by atoms with Crippen molar-refractivity contribution in [2.24, 2.45) is 0 Å². The normalized spacial score (nSPS) is 19.6. The van der Waals surface area contributed by atoms with Crippen molar-refractivity contribution in [3.63, 3.8) is 0 Å². The van der Waals surface area contributed by atoms with Gasteiger partial charge in [-0.25, -0.2) is 4.98 Å². The fraction of sp³-hybridized carbons (Fsp3) is 0.480. The number of aromatic nitrogens is 1. The summed E-state index contributed by atoms with van der Waals surface area (Å²) in [7, 11) is 3.90. The van der Waals surface area contributed by atoms with Crippen molar-refractivity contribution in [1.82, 2.24) is 15.2 Å². The van der Waals surface area contributed by atoms with Crippen LogP contribution in [-0.2, 0) is 4.79 Å². The van der Waals surface area contributed by atoms with E-state index in [1.807, 2.05) is 43.3 Å². The molecule has 1 saturated heterocycles. The summed E-state index contributed by atoms with van der Waals surface area (Å²) in [6, 6.07) is 11.4. The molecule has 2 aromatic rings. The molecule has 0 unspecified atom stereocenters. The number of carbonyl (C=O) groups is 2. The molecule has 8 heteroatoms. The number of amides is 2. The number of hydrogen-bond donors (Lipinski definition) is 2. The van der Waals surface area contributed by atoms with Crippen molar-refractivity contribution < 1.29 is 9.59 Å². The summed E-state index contributed by atoms with van der Waals surface area (Å²) in [6.07, 6.45) is 1.97. The van der Waals surface area contributed by atoms with Gasteiger partial charge in [0.15, 0.2) is 5.82 Å². The third-order valence-electron chi connectivity index (χ3n) is 6.60. The molecule has 0 aliphatic carbocycles. The van der Waals surface area contributed by atoms with Gasteiger partial charge in [-0.15, -0.1) is 0 Å². The number of rotatable bonds is 5. The SMILES string of the molecule is CC(C)N1c2nc(Nc3ccc(C(=O)NC4CCN(C)CC4)cc3)ccc2N(C)C(=O)[C@H]1C. The van der Waals surface area contributed by atoms with Crippen molar-refractivity contribution in [3.05, 3.63) is 42.0 Å². The lowest BCUT2D eigenvalue weighted by molar-refractivity contribution is -0.119. The highest BCUT2D eigenvalue weighted by atomic mass is 16.2. The van der Waals surface area contributed by atoms with E-state index in [-0.39, 0.29) is 29.9 Å². The number of nitrogens with one attached hydrogen (secondary N) is 2. The van der Waals surface area contributed by atoms with E-state index in [1.54, 1.807) is 11.9 Å². The van der Waals surface area contributed by atoms with Gasteiger partial charge >= 0.3 is 0 Å². The number of likely N-dealkylation sites (tertiary alicyclic amines) is 1. The highest BCUT2D eigenvalue weighted by Gasteiger charge is 2.36. The predicted octanol–water partition coefficient (Wildman–Crippen LogP) is 3.23. The highest BCUT2D eigenvalue weighted by molar-refractivity contribution is 6.04. The number of pyridine rings is 1. The van der Waals surface area contributed by atoms with Crippen molar-refractivity contribution in [1.29, 1.82) is 0 Å². The van der Waals surface area contributed by atoms with Crippen LogP contribution in [0.4, 0.5) is 23.0 Å². The molecule has 8 nitrogen and oxygen atoms in total. The number of likely N-dealkylation sites (N-methyl/N-ethyl adjacent to an activating group) is 1. The molecular weight excluding hydrogens is 416 g/mol. The molecule has 4 rings (SSSR count). The lowest BCUT2D eigenvalue weighted by Crippen LogP contribution is -2.53. The fourth-order valence-corrected chi connectivity index (χ4v) is 4.63. The second kappa shape index (κ2) is 9.39. The predicted molar refractivity (Wildman–Crippen MR) is 132 cm³/mol. The molecule has 0 saturated carbocycles. The molecule has 0 spiro atoms. The van der Waals surface area contributed by atoms with Crippen LogP contribution in [0, 0.1) is 0 Å². The van der Waals surface area contributed by atoms with Crippen molar-refractivity contribution in [2.45, 2.75) is 51.7 Å². The number of carbonyl (C=O) groups excluding carboxylic acids is 2. The number of fused-ring (bicyclic) bond motifs is 1. The van der Waals surface area contributed by atoms with E-state index in [4.69, 9.17) is 4.98 Å². The van der Waals surface area contributed by atoms with Crippen LogP contribution in [0.2, 0.25) is 0 Å². The maximum Gasteiger partial charge on any atom is 0.251 e. The van der Waals surface area contributed by atoms with Gasteiger partial charge in [0.25, 0.3) is 5.91 Å². The summed E-state index contributed by atoms with van der Waals surface area (Å²) in [6.45, 7) is 8.07. The summed E-state index contributed by atoms with van der Waals surface area (Å²) in [4.78, 5) is 36.1. The minimum absolute atomic E-state index is 0.0303. The Labute approximate surface area is 196 Å². The third kappa shape index (κ3) is 4.80. The number of anilines is 4. The average molecular weight is 451 g/mol. The molecule has 2 aliphatic rings. The molecule has 2 amide bonds. The Kier molecular flexibility index (Phi) is 6.56. The average Bonchev–Trinajstić information content (AvgIpc) is 2.79. The molecule has 1 aromatic heterocycles. The zero-order valence-electron chi connectivity index (χ0n) is 20.1. The van der Waals surface area contributed by atoms with E-state index < -0.39 is 0 Å². The molecule has 0 radical (unpaired) electrons. The number of piperidine rings is 1. The van der Waals surface area contributed by atoms with Gasteiger partial charge in [0.1, 0.15) is 11.9 Å². The fourth-order valence-electron chi connectivity index (χ4n) is 4.63.